The third kappa shape index (κ3) is 6.11. The van der Waals surface area contributed by atoms with Gasteiger partial charge in [0, 0.05) is 32.5 Å². The Balaban J connectivity index is 0.00000338. The van der Waals surface area contributed by atoms with Crippen LogP contribution < -0.4 is 10.5 Å². The summed E-state index contributed by atoms with van der Waals surface area (Å²) in [5.41, 5.74) is 6.72. The number of halogens is 2. The van der Waals surface area contributed by atoms with Crippen LogP contribution in [-0.2, 0) is 11.2 Å². The molecule has 1 amide bonds. The molecular formula is C19H30ClFN2O3. The van der Waals surface area contributed by atoms with Crippen molar-refractivity contribution in [2.24, 2.45) is 11.7 Å². The molecule has 0 bridgehead atoms. The largest absolute Gasteiger partial charge is 0.490 e. The second-order valence-electron chi connectivity index (χ2n) is 6.99. The number of aliphatic hydroxyl groups is 1. The predicted molar refractivity (Wildman–Crippen MR) is 102 cm³/mol. The van der Waals surface area contributed by atoms with E-state index in [9.17, 15) is 9.18 Å². The van der Waals surface area contributed by atoms with Gasteiger partial charge in [-0.3, -0.25) is 4.79 Å². The Morgan fingerprint density at radius 3 is 2.62 bits per heavy atom. The Kier molecular flexibility index (Phi) is 9.33. The first-order chi connectivity index (χ1) is 11.9. The number of hydrogen-bond acceptors (Lipinski definition) is 4. The van der Waals surface area contributed by atoms with Crippen LogP contribution >= 0.6 is 12.4 Å². The van der Waals surface area contributed by atoms with Crippen molar-refractivity contribution in [2.45, 2.75) is 51.7 Å². The highest BCUT2D eigenvalue weighted by atomic mass is 35.5. The van der Waals surface area contributed by atoms with Gasteiger partial charge in [0.25, 0.3) is 0 Å². The number of piperidine rings is 1. The van der Waals surface area contributed by atoms with Crippen LogP contribution in [0.4, 0.5) is 4.39 Å². The van der Waals surface area contributed by atoms with Gasteiger partial charge in [-0.05, 0) is 42.5 Å². The van der Waals surface area contributed by atoms with Crippen LogP contribution in [0.2, 0.25) is 0 Å². The normalized spacial score (nSPS) is 16.3. The van der Waals surface area contributed by atoms with Crippen LogP contribution in [0.15, 0.2) is 18.2 Å². The number of hydrogen-bond donors (Lipinski definition) is 2. The Labute approximate surface area is 161 Å². The number of nitrogens with two attached hydrogens (primary N) is 1. The van der Waals surface area contributed by atoms with E-state index in [-0.39, 0.29) is 42.8 Å². The van der Waals surface area contributed by atoms with Gasteiger partial charge in [-0.15, -0.1) is 12.4 Å². The fourth-order valence-electron chi connectivity index (χ4n) is 3.00. The molecule has 1 aliphatic heterocycles. The van der Waals surface area contributed by atoms with Gasteiger partial charge >= 0.3 is 0 Å². The van der Waals surface area contributed by atoms with E-state index in [4.69, 9.17) is 15.6 Å². The zero-order valence-electron chi connectivity index (χ0n) is 15.5. The third-order valence-corrected chi connectivity index (χ3v) is 4.68. The average Bonchev–Trinajstić information content (AvgIpc) is 2.61. The summed E-state index contributed by atoms with van der Waals surface area (Å²) in [6.07, 6.45) is 2.60. The Morgan fingerprint density at radius 2 is 2.04 bits per heavy atom. The minimum Gasteiger partial charge on any atom is -0.490 e. The fraction of sp³-hybridized carbons (Fsp3) is 0.632. The van der Waals surface area contributed by atoms with E-state index in [2.05, 4.69) is 0 Å². The fourth-order valence-corrected chi connectivity index (χ4v) is 3.00. The first-order valence-electron chi connectivity index (χ1n) is 9.02. The number of likely N-dealkylation sites (tertiary alicyclic amines) is 1. The summed E-state index contributed by atoms with van der Waals surface area (Å²) in [5.74, 6) is 0.482. The van der Waals surface area contributed by atoms with Gasteiger partial charge < -0.3 is 20.5 Å². The van der Waals surface area contributed by atoms with Crippen molar-refractivity contribution in [1.29, 1.82) is 0 Å². The monoisotopic (exact) mass is 388 g/mol. The lowest BCUT2D eigenvalue weighted by Crippen LogP contribution is -2.50. The van der Waals surface area contributed by atoms with Crippen LogP contribution in [0.5, 0.6) is 5.75 Å². The molecule has 5 nitrogen and oxygen atoms in total. The molecule has 1 aliphatic rings. The zero-order valence-corrected chi connectivity index (χ0v) is 16.3. The summed E-state index contributed by atoms with van der Waals surface area (Å²) in [7, 11) is 0. The summed E-state index contributed by atoms with van der Waals surface area (Å²) in [4.78, 5) is 14.1. The maximum atomic E-state index is 13.5. The number of carbonyl (C=O) groups excluding carboxylic acids is 1. The van der Waals surface area contributed by atoms with Gasteiger partial charge in [-0.1, -0.05) is 13.8 Å². The van der Waals surface area contributed by atoms with Gasteiger partial charge in [0.15, 0.2) is 0 Å². The lowest BCUT2D eigenvalue weighted by Gasteiger charge is -2.34. The molecule has 0 saturated carbocycles. The second kappa shape index (κ2) is 10.7. The number of aryl methyl sites for hydroxylation is 1. The van der Waals surface area contributed by atoms with Gasteiger partial charge in [-0.25, -0.2) is 4.39 Å². The number of benzene rings is 1. The molecule has 26 heavy (non-hydrogen) atoms. The summed E-state index contributed by atoms with van der Waals surface area (Å²) in [6, 6.07) is 4.04. The quantitative estimate of drug-likeness (QED) is 0.752. The van der Waals surface area contributed by atoms with E-state index in [1.165, 1.54) is 12.1 Å². The molecule has 0 aliphatic carbocycles. The molecule has 2 rings (SSSR count). The lowest BCUT2D eigenvalue weighted by molar-refractivity contribution is -0.135. The topological polar surface area (TPSA) is 75.8 Å². The van der Waals surface area contributed by atoms with Gasteiger partial charge in [0.2, 0.25) is 5.91 Å². The predicted octanol–water partition coefficient (Wildman–Crippen LogP) is 2.53. The highest BCUT2D eigenvalue weighted by Gasteiger charge is 2.28. The summed E-state index contributed by atoms with van der Waals surface area (Å²) >= 11 is 0. The molecule has 0 unspecified atom stereocenters. The minimum atomic E-state index is -0.459. The number of carbonyl (C=O) groups is 1. The number of rotatable bonds is 7. The van der Waals surface area contributed by atoms with Crippen molar-refractivity contribution >= 4 is 18.3 Å². The molecule has 1 fully saturated rings. The molecule has 7 heteroatoms. The highest BCUT2D eigenvalue weighted by Crippen LogP contribution is 2.25. The van der Waals surface area contributed by atoms with Crippen LogP contribution in [0.1, 0.15) is 38.7 Å². The van der Waals surface area contributed by atoms with Gasteiger partial charge in [0.1, 0.15) is 17.7 Å². The van der Waals surface area contributed by atoms with Crippen LogP contribution in [0.3, 0.4) is 0 Å². The van der Waals surface area contributed by atoms with E-state index in [1.807, 2.05) is 18.7 Å². The van der Waals surface area contributed by atoms with E-state index in [0.29, 0.717) is 31.7 Å². The van der Waals surface area contributed by atoms with Crippen molar-refractivity contribution in [2.75, 3.05) is 19.7 Å². The Morgan fingerprint density at radius 1 is 1.38 bits per heavy atom. The van der Waals surface area contributed by atoms with Crippen LogP contribution in [0.25, 0.3) is 0 Å². The van der Waals surface area contributed by atoms with Crippen molar-refractivity contribution < 1.29 is 19.0 Å². The Hall–Kier alpha value is -1.37. The first kappa shape index (κ1) is 22.7. The van der Waals surface area contributed by atoms with Gasteiger partial charge in [-0.2, -0.15) is 0 Å². The third-order valence-electron chi connectivity index (χ3n) is 4.68. The maximum absolute atomic E-state index is 13.5. The second-order valence-corrected chi connectivity index (χ2v) is 6.99. The van der Waals surface area contributed by atoms with Crippen molar-refractivity contribution in [3.05, 3.63) is 29.6 Å². The molecule has 0 aromatic heterocycles. The van der Waals surface area contributed by atoms with Crippen LogP contribution in [-0.4, -0.2) is 47.8 Å². The molecular weight excluding hydrogens is 359 g/mol. The van der Waals surface area contributed by atoms with E-state index < -0.39 is 6.04 Å². The zero-order chi connectivity index (χ0) is 18.4. The molecule has 1 aromatic carbocycles. The number of nitrogens with zero attached hydrogens (tertiary/aromatic N) is 1. The molecule has 1 aromatic rings. The summed E-state index contributed by atoms with van der Waals surface area (Å²) in [5, 5.41) is 8.99. The van der Waals surface area contributed by atoms with Crippen LogP contribution in [0, 0.1) is 11.7 Å². The SMILES string of the molecule is CC(C)[C@H](N)C(=O)N1CCC(Oc2ccc(F)cc2CCCO)CC1.Cl. The summed E-state index contributed by atoms with van der Waals surface area (Å²) < 4.78 is 19.5. The van der Waals surface area contributed by atoms with E-state index in [0.717, 1.165) is 18.4 Å². The summed E-state index contributed by atoms with van der Waals surface area (Å²) in [6.45, 7) is 5.20. The molecule has 3 N–H and O–H groups in total. The molecule has 148 valence electrons. The van der Waals surface area contributed by atoms with Crippen molar-refractivity contribution in [3.63, 3.8) is 0 Å². The molecule has 0 spiro atoms. The lowest BCUT2D eigenvalue weighted by atomic mass is 10.0. The number of amides is 1. The standard InChI is InChI=1S/C19H29FN2O3.ClH/c1-13(2)18(21)19(24)22-9-7-16(8-10-22)25-17-6-5-15(20)12-14(17)4-3-11-23;/h5-6,12-13,16,18,23H,3-4,7-11,21H2,1-2H3;1H/t18-;/m0./s1. The highest BCUT2D eigenvalue weighted by molar-refractivity contribution is 5.85. The maximum Gasteiger partial charge on any atom is 0.239 e. The van der Waals surface area contributed by atoms with Crippen molar-refractivity contribution in [3.8, 4) is 5.75 Å². The molecule has 1 heterocycles. The number of aliphatic hydroxyl groups excluding tert-OH is 1. The molecule has 0 radical (unpaired) electrons. The number of ether oxygens (including phenoxy) is 1. The van der Waals surface area contributed by atoms with E-state index >= 15 is 0 Å². The average molecular weight is 389 g/mol. The van der Waals surface area contributed by atoms with Crippen molar-refractivity contribution in [1.82, 2.24) is 4.90 Å². The smallest absolute Gasteiger partial charge is 0.239 e. The van der Waals surface area contributed by atoms with E-state index in [1.54, 1.807) is 6.07 Å². The first-order valence-corrected chi connectivity index (χ1v) is 9.02. The van der Waals surface area contributed by atoms with Gasteiger partial charge in [0.05, 0.1) is 6.04 Å². The minimum absolute atomic E-state index is 0. The Bertz CT molecular complexity index is 578. The molecule has 1 saturated heterocycles. The molecule has 1 atom stereocenters.